The number of nitrogens with zero attached hydrogens (tertiary/aromatic N) is 2. The lowest BCUT2D eigenvalue weighted by Crippen LogP contribution is -2.55. The number of carbonyl (C=O) groups is 2. The van der Waals surface area contributed by atoms with E-state index < -0.39 is 78.9 Å². The summed E-state index contributed by atoms with van der Waals surface area (Å²) in [5.74, 6) is -2.21. The largest absolute Gasteiger partial charge is 0.435 e. The summed E-state index contributed by atoms with van der Waals surface area (Å²) in [6.07, 6.45) is -15.5. The molecule has 5 rings (SSSR count). The van der Waals surface area contributed by atoms with Crippen LogP contribution < -0.4 is 0 Å². The SMILES string of the molecule is CN1C(=O)[C@@H](O)C[C@H]1C(=O)N1CC[C@]2(S(=O)(=O)c3ccc(F)cc3)c3ccc(C(F)(C(F)(F)F)C(F)(F)F)cc3CC[C@H]12. The van der Waals surface area contributed by atoms with Crippen molar-refractivity contribution in [2.75, 3.05) is 13.6 Å². The maximum Gasteiger partial charge on any atom is 0.435 e. The molecular formula is C27H24F8N2O5S. The number of likely N-dealkylation sites (tertiary alicyclic amines) is 2. The predicted molar refractivity (Wildman–Crippen MR) is 132 cm³/mol. The van der Waals surface area contributed by atoms with Crippen molar-refractivity contribution in [3.63, 3.8) is 0 Å². The first-order valence-electron chi connectivity index (χ1n) is 13.0. The molecule has 2 aliphatic heterocycles. The van der Waals surface area contributed by atoms with Gasteiger partial charge in [-0.3, -0.25) is 9.59 Å². The Kier molecular flexibility index (Phi) is 7.16. The summed E-state index contributed by atoms with van der Waals surface area (Å²) in [5.41, 5.74) is -8.01. The maximum absolute atomic E-state index is 14.9. The zero-order valence-corrected chi connectivity index (χ0v) is 23.0. The minimum Gasteiger partial charge on any atom is -0.383 e. The highest BCUT2D eigenvalue weighted by Crippen LogP contribution is 2.56. The van der Waals surface area contributed by atoms with E-state index in [0.717, 1.165) is 29.2 Å². The highest BCUT2D eigenvalue weighted by Gasteiger charge is 2.74. The molecule has 0 unspecified atom stereocenters. The number of sulfone groups is 1. The van der Waals surface area contributed by atoms with Crippen LogP contribution in [0.5, 0.6) is 0 Å². The van der Waals surface area contributed by atoms with Crippen molar-refractivity contribution in [2.45, 2.75) is 71.5 Å². The molecule has 43 heavy (non-hydrogen) atoms. The van der Waals surface area contributed by atoms with Gasteiger partial charge in [0.15, 0.2) is 9.84 Å². The molecular weight excluding hydrogens is 616 g/mol. The third kappa shape index (κ3) is 4.34. The monoisotopic (exact) mass is 640 g/mol. The van der Waals surface area contributed by atoms with Gasteiger partial charge in [-0.05, 0) is 54.7 Å². The Morgan fingerprint density at radius 2 is 1.60 bits per heavy atom. The average molecular weight is 641 g/mol. The minimum atomic E-state index is -6.39. The van der Waals surface area contributed by atoms with Gasteiger partial charge in [0.2, 0.25) is 5.91 Å². The Balaban J connectivity index is 1.68. The van der Waals surface area contributed by atoms with Gasteiger partial charge in [-0.1, -0.05) is 18.2 Å². The molecule has 4 atom stereocenters. The summed E-state index contributed by atoms with van der Waals surface area (Å²) >= 11 is 0. The topological polar surface area (TPSA) is 95.0 Å². The molecule has 234 valence electrons. The van der Waals surface area contributed by atoms with Gasteiger partial charge in [0.1, 0.15) is 22.7 Å². The summed E-state index contributed by atoms with van der Waals surface area (Å²) < 4.78 is 136. The highest BCUT2D eigenvalue weighted by molar-refractivity contribution is 7.92. The van der Waals surface area contributed by atoms with E-state index in [4.69, 9.17) is 0 Å². The van der Waals surface area contributed by atoms with Crippen LogP contribution in [0.1, 0.15) is 36.0 Å². The quantitative estimate of drug-likeness (QED) is 0.404. The predicted octanol–water partition coefficient (Wildman–Crippen LogP) is 3.92. The number of alkyl halides is 7. The second-order valence-corrected chi connectivity index (χ2v) is 13.1. The number of rotatable bonds is 4. The number of aliphatic hydroxyl groups excluding tert-OH is 1. The van der Waals surface area contributed by atoms with Crippen LogP contribution in [0.2, 0.25) is 0 Å². The summed E-state index contributed by atoms with van der Waals surface area (Å²) in [6.45, 7) is -0.238. The third-order valence-electron chi connectivity index (χ3n) is 8.78. The molecule has 0 saturated carbocycles. The fraction of sp³-hybridized carbons (Fsp3) is 0.481. The number of halogens is 8. The van der Waals surface area contributed by atoms with E-state index in [9.17, 15) is 58.2 Å². The molecule has 2 saturated heterocycles. The fourth-order valence-electron chi connectivity index (χ4n) is 6.63. The molecule has 2 aromatic rings. The van der Waals surface area contributed by atoms with Crippen LogP contribution in [0.4, 0.5) is 35.1 Å². The lowest BCUT2D eigenvalue weighted by Gasteiger charge is -2.43. The second kappa shape index (κ2) is 9.87. The van der Waals surface area contributed by atoms with E-state index in [2.05, 4.69) is 0 Å². The molecule has 3 aliphatic rings. The lowest BCUT2D eigenvalue weighted by molar-refractivity contribution is -0.348. The van der Waals surface area contributed by atoms with Gasteiger partial charge in [0.25, 0.3) is 5.91 Å². The number of amides is 2. The van der Waals surface area contributed by atoms with Crippen molar-refractivity contribution >= 4 is 21.7 Å². The van der Waals surface area contributed by atoms with Crippen molar-refractivity contribution in [3.8, 4) is 0 Å². The summed E-state index contributed by atoms with van der Waals surface area (Å²) in [5, 5.41) is 9.97. The number of benzene rings is 2. The molecule has 2 fully saturated rings. The Bertz CT molecular complexity index is 1560. The molecule has 0 radical (unpaired) electrons. The van der Waals surface area contributed by atoms with Gasteiger partial charge in [0.05, 0.1) is 10.9 Å². The zero-order valence-electron chi connectivity index (χ0n) is 22.2. The normalized spacial score (nSPS) is 26.5. The molecule has 1 aliphatic carbocycles. The Hall–Kier alpha value is -3.27. The lowest BCUT2D eigenvalue weighted by atomic mass is 9.76. The van der Waals surface area contributed by atoms with E-state index in [-0.39, 0.29) is 49.4 Å². The van der Waals surface area contributed by atoms with Gasteiger partial charge in [-0.15, -0.1) is 0 Å². The van der Waals surface area contributed by atoms with Crippen molar-refractivity contribution in [3.05, 3.63) is 65.0 Å². The zero-order chi connectivity index (χ0) is 31.9. The molecule has 0 aromatic heterocycles. The van der Waals surface area contributed by atoms with Crippen molar-refractivity contribution < 1.29 is 58.2 Å². The van der Waals surface area contributed by atoms with Crippen molar-refractivity contribution in [1.82, 2.24) is 9.80 Å². The summed E-state index contributed by atoms with van der Waals surface area (Å²) in [4.78, 5) is 27.6. The molecule has 16 heteroatoms. The molecule has 2 aromatic carbocycles. The Morgan fingerprint density at radius 3 is 2.14 bits per heavy atom. The first-order valence-corrected chi connectivity index (χ1v) is 14.5. The van der Waals surface area contributed by atoms with Crippen molar-refractivity contribution in [2.24, 2.45) is 0 Å². The van der Waals surface area contributed by atoms with E-state index in [1.54, 1.807) is 0 Å². The number of aryl methyl sites for hydroxylation is 1. The summed E-state index contributed by atoms with van der Waals surface area (Å²) in [7, 11) is -3.37. The summed E-state index contributed by atoms with van der Waals surface area (Å²) in [6, 6.07) is 2.56. The Morgan fingerprint density at radius 1 is 1.00 bits per heavy atom. The minimum absolute atomic E-state index is 0.213. The van der Waals surface area contributed by atoms with Crippen LogP contribution in [-0.4, -0.2) is 79.3 Å². The number of fused-ring (bicyclic) bond motifs is 3. The van der Waals surface area contributed by atoms with Gasteiger partial charge in [-0.25, -0.2) is 17.2 Å². The van der Waals surface area contributed by atoms with E-state index in [1.165, 1.54) is 11.9 Å². The van der Waals surface area contributed by atoms with Crippen molar-refractivity contribution in [1.29, 1.82) is 0 Å². The number of hydrogen-bond donors (Lipinski definition) is 1. The molecule has 2 heterocycles. The fourth-order valence-corrected chi connectivity index (χ4v) is 9.00. The van der Waals surface area contributed by atoms with Crippen LogP contribution in [0, 0.1) is 5.82 Å². The highest BCUT2D eigenvalue weighted by atomic mass is 32.2. The van der Waals surface area contributed by atoms with Gasteiger partial charge >= 0.3 is 18.0 Å². The standard InChI is InChI=1S/C27H24F8N2O5S/c1-36-19(13-20(38)23(36)40)22(39)37-11-10-24(43(41,42)17-6-4-16(28)5-7-17)18-8-3-15(12-14(18)2-9-21(24)37)25(29,26(30,31)32)27(33,34)35/h3-8,12,19-21,38H,2,9-11,13H2,1H3/t19-,20-,21-,24-/m0/s1. The number of carbonyl (C=O) groups excluding carboxylic acids is 2. The third-order valence-corrected chi connectivity index (χ3v) is 11.3. The molecule has 1 N–H and O–H groups in total. The van der Waals surface area contributed by atoms with Crippen LogP contribution in [0.15, 0.2) is 47.4 Å². The number of likely N-dealkylation sites (N-methyl/N-ethyl adjacent to an activating group) is 1. The van der Waals surface area contributed by atoms with Gasteiger partial charge in [-0.2, -0.15) is 26.3 Å². The van der Waals surface area contributed by atoms with E-state index in [0.29, 0.717) is 12.1 Å². The molecule has 7 nitrogen and oxygen atoms in total. The first-order chi connectivity index (χ1) is 19.8. The molecule has 0 spiro atoms. The van der Waals surface area contributed by atoms with Crippen LogP contribution >= 0.6 is 0 Å². The van der Waals surface area contributed by atoms with Gasteiger partial charge in [0, 0.05) is 25.6 Å². The van der Waals surface area contributed by atoms with Crippen LogP contribution in [0.3, 0.4) is 0 Å². The Labute approximate surface area is 240 Å². The number of aliphatic hydroxyl groups is 1. The smallest absolute Gasteiger partial charge is 0.383 e. The van der Waals surface area contributed by atoms with Crippen LogP contribution in [0.25, 0.3) is 0 Å². The van der Waals surface area contributed by atoms with E-state index in [1.807, 2.05) is 0 Å². The van der Waals surface area contributed by atoms with E-state index >= 15 is 0 Å². The van der Waals surface area contributed by atoms with Crippen LogP contribution in [-0.2, 0) is 36.3 Å². The maximum atomic E-state index is 14.9. The number of hydrogen-bond acceptors (Lipinski definition) is 5. The average Bonchev–Trinajstić information content (AvgIpc) is 3.45. The molecule has 0 bridgehead atoms. The van der Waals surface area contributed by atoms with Gasteiger partial charge < -0.3 is 14.9 Å². The first kappa shape index (κ1) is 31.2. The molecule has 2 amide bonds. The second-order valence-electron chi connectivity index (χ2n) is 10.9.